The summed E-state index contributed by atoms with van der Waals surface area (Å²) in [5.74, 6) is 0.913. The quantitative estimate of drug-likeness (QED) is 0.747. The molecule has 0 saturated heterocycles. The van der Waals surface area contributed by atoms with Crippen LogP contribution in [0.3, 0.4) is 0 Å². The first-order valence-electron chi connectivity index (χ1n) is 6.00. The molecule has 1 atom stereocenters. The van der Waals surface area contributed by atoms with Crippen molar-refractivity contribution in [2.45, 2.75) is 19.8 Å². The summed E-state index contributed by atoms with van der Waals surface area (Å²) in [6, 6.07) is 18.1. The fraction of sp³-hybridized carbons (Fsp3) is 0.188. The Morgan fingerprint density at radius 1 is 1.00 bits per heavy atom. The molecular formula is C16H16OS. The highest BCUT2D eigenvalue weighted by atomic mass is 32.1. The Hall–Kier alpha value is -1.67. The minimum atomic E-state index is 0.113. The van der Waals surface area contributed by atoms with Crippen molar-refractivity contribution in [1.82, 2.24) is 0 Å². The molecule has 0 aliphatic heterocycles. The van der Waals surface area contributed by atoms with Gasteiger partial charge in [-0.05, 0) is 36.8 Å². The fourth-order valence-electron chi connectivity index (χ4n) is 1.69. The van der Waals surface area contributed by atoms with Crippen LogP contribution in [0.15, 0.2) is 54.6 Å². The van der Waals surface area contributed by atoms with E-state index in [2.05, 4.69) is 26.0 Å². The number of rotatable bonds is 3. The minimum absolute atomic E-state index is 0.113. The Morgan fingerprint density at radius 2 is 1.61 bits per heavy atom. The number of hydrogen-bond donors (Lipinski definition) is 0. The van der Waals surface area contributed by atoms with Crippen molar-refractivity contribution < 1.29 is 4.74 Å². The lowest BCUT2D eigenvalue weighted by molar-refractivity contribution is 0.539. The molecule has 92 valence electrons. The van der Waals surface area contributed by atoms with Gasteiger partial charge >= 0.3 is 0 Å². The highest BCUT2D eigenvalue weighted by molar-refractivity contribution is 7.80. The zero-order valence-electron chi connectivity index (χ0n) is 10.6. The molecule has 0 N–H and O–H groups in total. The molecule has 2 heteroatoms. The number of thiocarbonyl (C=S) groups is 1. The molecule has 0 bridgehead atoms. The predicted octanol–water partition coefficient (Wildman–Crippen LogP) is 4.50. The second-order valence-electron chi connectivity index (χ2n) is 4.37. The van der Waals surface area contributed by atoms with E-state index in [0.29, 0.717) is 5.05 Å². The van der Waals surface area contributed by atoms with Gasteiger partial charge < -0.3 is 4.74 Å². The van der Waals surface area contributed by atoms with Gasteiger partial charge in [-0.2, -0.15) is 0 Å². The van der Waals surface area contributed by atoms with E-state index in [1.165, 1.54) is 11.1 Å². The third-order valence-corrected chi connectivity index (χ3v) is 3.33. The lowest BCUT2D eigenvalue weighted by atomic mass is 10.0. The van der Waals surface area contributed by atoms with Crippen LogP contribution in [-0.4, -0.2) is 5.05 Å². The van der Waals surface area contributed by atoms with Crippen molar-refractivity contribution in [3.05, 3.63) is 65.7 Å². The molecule has 0 aromatic heterocycles. The summed E-state index contributed by atoms with van der Waals surface area (Å²) < 4.78 is 5.72. The van der Waals surface area contributed by atoms with Gasteiger partial charge in [-0.15, -0.1) is 0 Å². The highest BCUT2D eigenvalue weighted by Crippen LogP contribution is 2.20. The summed E-state index contributed by atoms with van der Waals surface area (Å²) in [7, 11) is 0. The fourth-order valence-corrected chi connectivity index (χ4v) is 1.92. The molecule has 0 aliphatic carbocycles. The van der Waals surface area contributed by atoms with E-state index < -0.39 is 0 Å². The summed E-state index contributed by atoms with van der Waals surface area (Å²) >= 11 is 5.35. The van der Waals surface area contributed by atoms with Crippen LogP contribution in [0.5, 0.6) is 5.75 Å². The number of benzene rings is 2. The maximum absolute atomic E-state index is 5.72. The Bertz CT molecular complexity index is 517. The first-order valence-corrected chi connectivity index (χ1v) is 6.41. The van der Waals surface area contributed by atoms with E-state index in [-0.39, 0.29) is 5.92 Å². The molecule has 0 saturated carbocycles. The predicted molar refractivity (Wildman–Crippen MR) is 79.3 cm³/mol. The Morgan fingerprint density at radius 3 is 2.22 bits per heavy atom. The minimum Gasteiger partial charge on any atom is -0.450 e. The molecule has 0 heterocycles. The molecule has 2 aromatic rings. The zero-order valence-corrected chi connectivity index (χ0v) is 11.4. The summed E-state index contributed by atoms with van der Waals surface area (Å²) in [6.07, 6.45) is 0. The first-order chi connectivity index (χ1) is 8.66. The second kappa shape index (κ2) is 5.78. The first kappa shape index (κ1) is 12.8. The molecule has 1 nitrogen and oxygen atoms in total. The van der Waals surface area contributed by atoms with Crippen molar-refractivity contribution in [2.75, 3.05) is 0 Å². The lowest BCUT2D eigenvalue weighted by Gasteiger charge is -2.14. The summed E-state index contributed by atoms with van der Waals surface area (Å²) in [4.78, 5) is 0. The van der Waals surface area contributed by atoms with Gasteiger partial charge in [0.05, 0.1) is 5.92 Å². The summed E-state index contributed by atoms with van der Waals surface area (Å²) in [5, 5.41) is 0.602. The van der Waals surface area contributed by atoms with Crippen molar-refractivity contribution in [1.29, 1.82) is 0 Å². The third-order valence-electron chi connectivity index (χ3n) is 2.89. The Balaban J connectivity index is 2.06. The average molecular weight is 256 g/mol. The van der Waals surface area contributed by atoms with Gasteiger partial charge in [0.15, 0.2) is 5.05 Å². The summed E-state index contributed by atoms with van der Waals surface area (Å²) in [5.41, 5.74) is 2.39. The van der Waals surface area contributed by atoms with Gasteiger partial charge in [0.2, 0.25) is 0 Å². The van der Waals surface area contributed by atoms with Crippen LogP contribution < -0.4 is 4.74 Å². The van der Waals surface area contributed by atoms with Crippen molar-refractivity contribution in [3.63, 3.8) is 0 Å². The van der Waals surface area contributed by atoms with Crippen LogP contribution in [0, 0.1) is 6.92 Å². The lowest BCUT2D eigenvalue weighted by Crippen LogP contribution is -2.13. The average Bonchev–Trinajstić information content (AvgIpc) is 2.41. The van der Waals surface area contributed by atoms with Crippen LogP contribution in [0.2, 0.25) is 0 Å². The van der Waals surface area contributed by atoms with E-state index in [1.807, 2.05) is 42.5 Å². The largest absolute Gasteiger partial charge is 0.450 e. The maximum atomic E-state index is 5.72. The second-order valence-corrected chi connectivity index (χ2v) is 4.77. The molecule has 2 aromatic carbocycles. The van der Waals surface area contributed by atoms with Crippen molar-refractivity contribution >= 4 is 17.3 Å². The Kier molecular flexibility index (Phi) is 4.11. The number of aryl methyl sites for hydroxylation is 1. The zero-order chi connectivity index (χ0) is 13.0. The monoisotopic (exact) mass is 256 g/mol. The van der Waals surface area contributed by atoms with E-state index in [4.69, 9.17) is 17.0 Å². The summed E-state index contributed by atoms with van der Waals surface area (Å²) in [6.45, 7) is 4.11. The molecule has 18 heavy (non-hydrogen) atoms. The van der Waals surface area contributed by atoms with E-state index in [0.717, 1.165) is 5.75 Å². The van der Waals surface area contributed by atoms with Crippen molar-refractivity contribution in [3.8, 4) is 5.75 Å². The normalized spacial score (nSPS) is 11.9. The number of hydrogen-bond acceptors (Lipinski definition) is 2. The van der Waals surface area contributed by atoms with Gasteiger partial charge in [0, 0.05) is 0 Å². The third kappa shape index (κ3) is 3.17. The van der Waals surface area contributed by atoms with Crippen molar-refractivity contribution in [2.24, 2.45) is 0 Å². The highest BCUT2D eigenvalue weighted by Gasteiger charge is 2.12. The Labute approximate surface area is 113 Å². The maximum Gasteiger partial charge on any atom is 0.174 e. The van der Waals surface area contributed by atoms with Gasteiger partial charge in [-0.3, -0.25) is 0 Å². The van der Waals surface area contributed by atoms with E-state index in [9.17, 15) is 0 Å². The van der Waals surface area contributed by atoms with E-state index in [1.54, 1.807) is 0 Å². The van der Waals surface area contributed by atoms with E-state index >= 15 is 0 Å². The molecule has 0 fully saturated rings. The van der Waals surface area contributed by atoms with Gasteiger partial charge in [-0.1, -0.05) is 55.0 Å². The van der Waals surface area contributed by atoms with Crippen LogP contribution in [0.1, 0.15) is 24.0 Å². The number of ether oxygens (including phenoxy) is 1. The molecule has 0 radical (unpaired) electrons. The standard InChI is InChI=1S/C16H16OS/c1-12-8-10-15(11-9-12)17-16(18)13(2)14-6-4-3-5-7-14/h3-11,13H,1-2H3. The van der Waals surface area contributed by atoms with Crippen LogP contribution in [0.25, 0.3) is 0 Å². The molecule has 2 rings (SSSR count). The van der Waals surface area contributed by atoms with Crippen LogP contribution in [0.4, 0.5) is 0 Å². The molecule has 1 unspecified atom stereocenters. The van der Waals surface area contributed by atoms with Gasteiger partial charge in [0.25, 0.3) is 0 Å². The molecule has 0 aliphatic rings. The molecule has 0 amide bonds. The SMILES string of the molecule is Cc1ccc(OC(=S)C(C)c2ccccc2)cc1. The molecule has 0 spiro atoms. The van der Waals surface area contributed by atoms with Crippen LogP contribution in [-0.2, 0) is 0 Å². The van der Waals surface area contributed by atoms with Gasteiger partial charge in [0.1, 0.15) is 5.75 Å². The van der Waals surface area contributed by atoms with Gasteiger partial charge in [-0.25, -0.2) is 0 Å². The smallest absolute Gasteiger partial charge is 0.174 e. The molecular weight excluding hydrogens is 240 g/mol. The topological polar surface area (TPSA) is 9.23 Å². The van der Waals surface area contributed by atoms with Crippen LogP contribution >= 0.6 is 12.2 Å².